The van der Waals surface area contributed by atoms with Gasteiger partial charge >= 0.3 is 0 Å². The number of thiophene rings is 1. The van der Waals surface area contributed by atoms with Gasteiger partial charge in [-0.3, -0.25) is 14.5 Å². The largest absolute Gasteiger partial charge is 0.350 e. The van der Waals surface area contributed by atoms with Gasteiger partial charge in [0.25, 0.3) is 5.56 Å². The van der Waals surface area contributed by atoms with Crippen molar-refractivity contribution in [3.8, 4) is 0 Å². The number of fused-ring (bicyclic) bond motifs is 3. The Labute approximate surface area is 158 Å². The molecule has 0 fully saturated rings. The van der Waals surface area contributed by atoms with Crippen LogP contribution in [0.4, 0.5) is 0 Å². The number of H-pyrrole nitrogens is 1. The molecule has 142 valence electrons. The molecule has 2 aromatic rings. The summed E-state index contributed by atoms with van der Waals surface area (Å²) in [6.07, 6.45) is 4.37. The van der Waals surface area contributed by atoms with E-state index in [0.29, 0.717) is 18.9 Å². The van der Waals surface area contributed by atoms with E-state index in [9.17, 15) is 9.59 Å². The van der Waals surface area contributed by atoms with Gasteiger partial charge in [0.05, 0.1) is 18.5 Å². The van der Waals surface area contributed by atoms with Crippen molar-refractivity contribution in [2.24, 2.45) is 0 Å². The molecular formula is C19H28N4O2S. The predicted octanol–water partition coefficient (Wildman–Crippen LogP) is 2.60. The van der Waals surface area contributed by atoms with E-state index in [0.717, 1.165) is 29.5 Å². The smallest absolute Gasteiger partial charge is 0.259 e. The SMILES string of the molecule is CCN(CC(=O)NC(C)(C)C)Cc1nc2sc3c(c2c(=O)[nH]1)CCCC3. The molecule has 26 heavy (non-hydrogen) atoms. The second kappa shape index (κ2) is 7.48. The van der Waals surface area contributed by atoms with Crippen LogP contribution in [0.1, 0.15) is 56.8 Å². The molecular weight excluding hydrogens is 348 g/mol. The van der Waals surface area contributed by atoms with E-state index >= 15 is 0 Å². The van der Waals surface area contributed by atoms with E-state index in [-0.39, 0.29) is 23.6 Å². The molecule has 1 aliphatic rings. The molecule has 0 aliphatic heterocycles. The molecule has 1 amide bonds. The van der Waals surface area contributed by atoms with E-state index in [1.54, 1.807) is 11.3 Å². The van der Waals surface area contributed by atoms with Gasteiger partial charge in [-0.15, -0.1) is 11.3 Å². The first-order chi connectivity index (χ1) is 12.3. The highest BCUT2D eigenvalue weighted by molar-refractivity contribution is 7.18. The summed E-state index contributed by atoms with van der Waals surface area (Å²) in [7, 11) is 0. The lowest BCUT2D eigenvalue weighted by Gasteiger charge is -2.24. The molecule has 0 aromatic carbocycles. The number of aromatic amines is 1. The van der Waals surface area contributed by atoms with Gasteiger partial charge in [0.2, 0.25) is 5.91 Å². The summed E-state index contributed by atoms with van der Waals surface area (Å²) in [5.74, 6) is 0.612. The highest BCUT2D eigenvalue weighted by Gasteiger charge is 2.21. The summed E-state index contributed by atoms with van der Waals surface area (Å²) in [6, 6.07) is 0. The van der Waals surface area contributed by atoms with Crippen molar-refractivity contribution >= 4 is 27.5 Å². The van der Waals surface area contributed by atoms with Crippen LogP contribution in [0.25, 0.3) is 10.2 Å². The Morgan fingerprint density at radius 1 is 1.31 bits per heavy atom. The molecule has 3 rings (SSSR count). The molecule has 1 aliphatic carbocycles. The van der Waals surface area contributed by atoms with Crippen molar-refractivity contribution in [3.05, 3.63) is 26.6 Å². The lowest BCUT2D eigenvalue weighted by molar-refractivity contribution is -0.123. The molecule has 2 N–H and O–H groups in total. The highest BCUT2D eigenvalue weighted by Crippen LogP contribution is 2.33. The predicted molar refractivity (Wildman–Crippen MR) is 106 cm³/mol. The number of carbonyl (C=O) groups excluding carboxylic acids is 1. The van der Waals surface area contributed by atoms with Crippen LogP contribution in [0.3, 0.4) is 0 Å². The van der Waals surface area contributed by atoms with Gasteiger partial charge in [0.1, 0.15) is 10.7 Å². The van der Waals surface area contributed by atoms with Crippen molar-refractivity contribution in [2.75, 3.05) is 13.1 Å². The van der Waals surface area contributed by atoms with E-state index in [4.69, 9.17) is 4.98 Å². The third kappa shape index (κ3) is 4.32. The monoisotopic (exact) mass is 376 g/mol. The van der Waals surface area contributed by atoms with Crippen molar-refractivity contribution in [1.29, 1.82) is 0 Å². The van der Waals surface area contributed by atoms with E-state index < -0.39 is 0 Å². The Morgan fingerprint density at radius 2 is 2.04 bits per heavy atom. The minimum Gasteiger partial charge on any atom is -0.350 e. The number of amides is 1. The van der Waals surface area contributed by atoms with Crippen LogP contribution in [0.5, 0.6) is 0 Å². The van der Waals surface area contributed by atoms with E-state index in [1.165, 1.54) is 16.9 Å². The first kappa shape index (κ1) is 19.0. The molecule has 2 heterocycles. The molecule has 7 heteroatoms. The minimum absolute atomic E-state index is 0.0191. The maximum Gasteiger partial charge on any atom is 0.259 e. The zero-order chi connectivity index (χ0) is 18.9. The summed E-state index contributed by atoms with van der Waals surface area (Å²) < 4.78 is 0. The average molecular weight is 377 g/mol. The van der Waals surface area contributed by atoms with Crippen LogP contribution in [0.2, 0.25) is 0 Å². The van der Waals surface area contributed by atoms with Gasteiger partial charge < -0.3 is 10.3 Å². The number of carbonyl (C=O) groups is 1. The number of aryl methyl sites for hydroxylation is 2. The van der Waals surface area contributed by atoms with Gasteiger partial charge in [-0.25, -0.2) is 4.98 Å². The number of hydrogen-bond acceptors (Lipinski definition) is 5. The zero-order valence-corrected chi connectivity index (χ0v) is 16.9. The van der Waals surface area contributed by atoms with Crippen molar-refractivity contribution in [3.63, 3.8) is 0 Å². The highest BCUT2D eigenvalue weighted by atomic mass is 32.1. The van der Waals surface area contributed by atoms with Crippen LogP contribution < -0.4 is 10.9 Å². The maximum absolute atomic E-state index is 12.6. The van der Waals surface area contributed by atoms with Crippen LogP contribution in [0, 0.1) is 0 Å². The number of aromatic nitrogens is 2. The summed E-state index contributed by atoms with van der Waals surface area (Å²) in [6.45, 7) is 9.36. The van der Waals surface area contributed by atoms with Crippen molar-refractivity contribution in [1.82, 2.24) is 20.2 Å². The second-order valence-corrected chi connectivity index (χ2v) is 9.09. The van der Waals surface area contributed by atoms with E-state index in [1.807, 2.05) is 32.6 Å². The van der Waals surface area contributed by atoms with Crippen molar-refractivity contribution < 1.29 is 4.79 Å². The van der Waals surface area contributed by atoms with Crippen molar-refractivity contribution in [2.45, 2.75) is 65.5 Å². The summed E-state index contributed by atoms with van der Waals surface area (Å²) in [5.41, 5.74) is 0.908. The molecule has 0 bridgehead atoms. The third-order valence-corrected chi connectivity index (χ3v) is 5.76. The van der Waals surface area contributed by atoms with Crippen LogP contribution in [-0.4, -0.2) is 39.4 Å². The zero-order valence-electron chi connectivity index (χ0n) is 16.1. The normalized spacial score (nSPS) is 14.7. The van der Waals surface area contributed by atoms with Gasteiger partial charge in [-0.1, -0.05) is 6.92 Å². The molecule has 6 nitrogen and oxygen atoms in total. The van der Waals surface area contributed by atoms with Gasteiger partial charge in [-0.05, 0) is 58.6 Å². The molecule has 0 saturated heterocycles. The topological polar surface area (TPSA) is 78.1 Å². The lowest BCUT2D eigenvalue weighted by atomic mass is 9.97. The van der Waals surface area contributed by atoms with Gasteiger partial charge in [0, 0.05) is 10.4 Å². The molecule has 0 saturated carbocycles. The van der Waals surface area contributed by atoms with E-state index in [2.05, 4.69) is 10.3 Å². The van der Waals surface area contributed by atoms with Crippen LogP contribution in [0.15, 0.2) is 4.79 Å². The molecule has 0 radical (unpaired) electrons. The molecule has 2 aromatic heterocycles. The summed E-state index contributed by atoms with van der Waals surface area (Å²) in [5, 5.41) is 3.75. The number of nitrogens with zero attached hydrogens (tertiary/aromatic N) is 2. The second-order valence-electron chi connectivity index (χ2n) is 8.01. The quantitative estimate of drug-likeness (QED) is 0.841. The number of rotatable bonds is 5. The molecule has 0 unspecified atom stereocenters. The number of hydrogen-bond donors (Lipinski definition) is 2. The maximum atomic E-state index is 12.6. The van der Waals surface area contributed by atoms with Crippen LogP contribution >= 0.6 is 11.3 Å². The Balaban J connectivity index is 1.79. The number of nitrogens with one attached hydrogen (secondary N) is 2. The van der Waals surface area contributed by atoms with Crippen LogP contribution in [-0.2, 0) is 24.2 Å². The Hall–Kier alpha value is -1.73. The Bertz CT molecular complexity index is 863. The minimum atomic E-state index is -0.252. The standard InChI is InChI=1S/C19H28N4O2S/c1-5-23(11-15(24)22-19(2,3)4)10-14-20-17(25)16-12-8-6-7-9-13(12)26-18(16)21-14/h5-11H2,1-4H3,(H,22,24)(H,20,21,25). The lowest BCUT2D eigenvalue weighted by Crippen LogP contribution is -2.45. The van der Waals surface area contributed by atoms with Gasteiger partial charge in [0.15, 0.2) is 0 Å². The first-order valence-electron chi connectivity index (χ1n) is 9.33. The fraction of sp³-hybridized carbons (Fsp3) is 0.632. The average Bonchev–Trinajstić information content (AvgIpc) is 2.91. The molecule has 0 atom stereocenters. The Morgan fingerprint density at radius 3 is 2.73 bits per heavy atom. The summed E-state index contributed by atoms with van der Waals surface area (Å²) in [4.78, 5) is 36.6. The Kier molecular flexibility index (Phi) is 5.48. The third-order valence-electron chi connectivity index (χ3n) is 4.58. The molecule has 0 spiro atoms. The number of likely N-dealkylation sites (N-methyl/N-ethyl adjacent to an activating group) is 1. The fourth-order valence-electron chi connectivity index (χ4n) is 3.44. The van der Waals surface area contributed by atoms with Gasteiger partial charge in [-0.2, -0.15) is 0 Å². The fourth-order valence-corrected chi connectivity index (χ4v) is 4.72. The first-order valence-corrected chi connectivity index (χ1v) is 10.2. The summed E-state index contributed by atoms with van der Waals surface area (Å²) >= 11 is 1.66.